The number of hydrazone groups is 2. The minimum Gasteiger partial charge on any atom is -0.458 e. The van der Waals surface area contributed by atoms with Crippen molar-refractivity contribution < 1.29 is 28.5 Å². The first-order chi connectivity index (χ1) is 21.5. The Bertz CT molecular complexity index is 1490. The van der Waals surface area contributed by atoms with Gasteiger partial charge in [-0.25, -0.2) is 10.9 Å². The predicted octanol–water partition coefficient (Wildman–Crippen LogP) is 3.94. The number of hydrogen-bond donors (Lipinski definition) is 2. The lowest BCUT2D eigenvalue weighted by atomic mass is 10.2. The molecular formula is C32H30N6O6. The van der Waals surface area contributed by atoms with E-state index < -0.39 is 12.6 Å². The van der Waals surface area contributed by atoms with Gasteiger partial charge in [-0.2, -0.15) is 10.2 Å². The van der Waals surface area contributed by atoms with Gasteiger partial charge in [-0.05, 0) is 74.5 Å². The van der Waals surface area contributed by atoms with Crippen LogP contribution in [0.1, 0.15) is 45.7 Å². The van der Waals surface area contributed by atoms with Crippen LogP contribution in [0.15, 0.2) is 108 Å². The van der Waals surface area contributed by atoms with E-state index in [1.165, 1.54) is 0 Å². The van der Waals surface area contributed by atoms with Crippen LogP contribution in [0.25, 0.3) is 0 Å². The summed E-state index contributed by atoms with van der Waals surface area (Å²) in [5.74, 6) is 0.168. The zero-order chi connectivity index (χ0) is 30.7. The number of hydrogen-bond acceptors (Lipinski definition) is 10. The third kappa shape index (κ3) is 8.09. The molecule has 0 unspecified atom stereocenters. The Kier molecular flexibility index (Phi) is 9.98. The Hall–Kier alpha value is -5.46. The van der Waals surface area contributed by atoms with Crippen LogP contribution in [0.3, 0.4) is 0 Å². The number of pyridine rings is 2. The fraction of sp³-hybridized carbons (Fsp3) is 0.188. The van der Waals surface area contributed by atoms with E-state index >= 15 is 0 Å². The molecule has 3 heterocycles. The minimum absolute atomic E-state index is 0.317. The Balaban J connectivity index is 1.14. The van der Waals surface area contributed by atoms with E-state index in [-0.39, 0.29) is 11.8 Å². The van der Waals surface area contributed by atoms with E-state index in [4.69, 9.17) is 18.9 Å². The average Bonchev–Trinajstić information content (AvgIpc) is 3.08. The molecule has 12 nitrogen and oxygen atoms in total. The molecule has 0 radical (unpaired) electrons. The summed E-state index contributed by atoms with van der Waals surface area (Å²) in [4.78, 5) is 33.2. The van der Waals surface area contributed by atoms with Crippen molar-refractivity contribution in [2.45, 2.75) is 26.4 Å². The zero-order valence-electron chi connectivity index (χ0n) is 24.0. The highest BCUT2D eigenvalue weighted by Crippen LogP contribution is 2.22. The molecule has 0 spiro atoms. The first kappa shape index (κ1) is 30.0. The maximum atomic E-state index is 12.6. The van der Waals surface area contributed by atoms with E-state index in [1.807, 2.05) is 12.1 Å². The van der Waals surface area contributed by atoms with Crippen molar-refractivity contribution in [3.8, 4) is 11.5 Å². The highest BCUT2D eigenvalue weighted by molar-refractivity contribution is 6.01. The largest absolute Gasteiger partial charge is 0.458 e. The molecule has 0 bridgehead atoms. The lowest BCUT2D eigenvalue weighted by molar-refractivity contribution is -0.271. The van der Waals surface area contributed by atoms with Gasteiger partial charge in [-0.3, -0.25) is 19.6 Å². The molecule has 224 valence electrons. The van der Waals surface area contributed by atoms with Gasteiger partial charge in [0.25, 0.3) is 24.4 Å². The normalized spacial score (nSPS) is 17.0. The summed E-state index contributed by atoms with van der Waals surface area (Å²) in [6, 6.07) is 20.4. The second-order valence-electron chi connectivity index (χ2n) is 9.52. The van der Waals surface area contributed by atoms with Gasteiger partial charge in [0.15, 0.2) is 0 Å². The number of aromatic nitrogens is 2. The van der Waals surface area contributed by atoms with Gasteiger partial charge in [0.2, 0.25) is 0 Å². The second-order valence-corrected chi connectivity index (χ2v) is 9.52. The minimum atomic E-state index is -0.872. The SMILES string of the molecule is C/C(=N\NC(=O)c1ccc(O[C@H]2OCCO[C@@H]2Oc2ccc(C(=O)N/N=C(\C)c3cccnc3)cc2)cc1)c1cccnc1. The third-order valence-corrected chi connectivity index (χ3v) is 6.42. The van der Waals surface area contributed by atoms with Crippen molar-refractivity contribution in [1.82, 2.24) is 20.8 Å². The monoisotopic (exact) mass is 594 g/mol. The Morgan fingerprint density at radius 2 is 1.07 bits per heavy atom. The van der Waals surface area contributed by atoms with Crippen LogP contribution in [-0.4, -0.2) is 59.0 Å². The maximum absolute atomic E-state index is 12.6. The van der Waals surface area contributed by atoms with Crippen molar-refractivity contribution in [1.29, 1.82) is 0 Å². The number of amides is 2. The quantitative estimate of drug-likeness (QED) is 0.207. The van der Waals surface area contributed by atoms with Crippen LogP contribution in [0.5, 0.6) is 11.5 Å². The second kappa shape index (κ2) is 14.6. The summed E-state index contributed by atoms with van der Waals surface area (Å²) in [5.41, 5.74) is 8.76. The number of rotatable bonds is 10. The Labute approximate surface area is 253 Å². The number of carbonyl (C=O) groups is 2. The third-order valence-electron chi connectivity index (χ3n) is 6.42. The predicted molar refractivity (Wildman–Crippen MR) is 161 cm³/mol. The van der Waals surface area contributed by atoms with Gasteiger partial charge in [0, 0.05) is 47.0 Å². The van der Waals surface area contributed by atoms with Crippen molar-refractivity contribution in [3.63, 3.8) is 0 Å². The molecule has 4 aromatic rings. The summed E-state index contributed by atoms with van der Waals surface area (Å²) in [7, 11) is 0. The molecule has 1 aliphatic rings. The maximum Gasteiger partial charge on any atom is 0.271 e. The van der Waals surface area contributed by atoms with Crippen molar-refractivity contribution in [2.75, 3.05) is 13.2 Å². The molecule has 1 saturated heterocycles. The first-order valence-electron chi connectivity index (χ1n) is 13.7. The highest BCUT2D eigenvalue weighted by atomic mass is 16.8. The number of nitrogens with one attached hydrogen (secondary N) is 2. The summed E-state index contributed by atoms with van der Waals surface area (Å²) < 4.78 is 23.4. The molecule has 2 N–H and O–H groups in total. The van der Waals surface area contributed by atoms with Crippen LogP contribution >= 0.6 is 0 Å². The molecule has 0 aliphatic carbocycles. The first-order valence-corrected chi connectivity index (χ1v) is 13.7. The molecule has 44 heavy (non-hydrogen) atoms. The lowest BCUT2D eigenvalue weighted by Gasteiger charge is -2.31. The highest BCUT2D eigenvalue weighted by Gasteiger charge is 2.31. The van der Waals surface area contributed by atoms with Gasteiger partial charge in [-0.15, -0.1) is 0 Å². The number of nitrogens with zero attached hydrogens (tertiary/aromatic N) is 4. The summed E-state index contributed by atoms with van der Waals surface area (Å²) >= 11 is 0. The van der Waals surface area contributed by atoms with E-state index in [2.05, 4.69) is 31.0 Å². The molecule has 12 heteroatoms. The van der Waals surface area contributed by atoms with Crippen molar-refractivity contribution in [3.05, 3.63) is 120 Å². The van der Waals surface area contributed by atoms with Crippen LogP contribution < -0.4 is 20.3 Å². The molecule has 2 aromatic carbocycles. The Morgan fingerprint density at radius 3 is 1.43 bits per heavy atom. The van der Waals surface area contributed by atoms with Crippen molar-refractivity contribution in [2.24, 2.45) is 10.2 Å². The van der Waals surface area contributed by atoms with Crippen LogP contribution in [-0.2, 0) is 9.47 Å². The lowest BCUT2D eigenvalue weighted by Crippen LogP contribution is -2.45. The molecule has 0 saturated carbocycles. The number of ether oxygens (including phenoxy) is 4. The van der Waals surface area contributed by atoms with Gasteiger partial charge >= 0.3 is 0 Å². The van der Waals surface area contributed by atoms with E-state index in [0.717, 1.165) is 11.1 Å². The molecule has 1 fully saturated rings. The number of benzene rings is 2. The van der Waals surface area contributed by atoms with Crippen LogP contribution in [0.2, 0.25) is 0 Å². The molecule has 2 amide bonds. The summed E-state index contributed by atoms with van der Waals surface area (Å²) in [6.07, 6.45) is 4.93. The molecule has 5 rings (SSSR count). The zero-order valence-corrected chi connectivity index (χ0v) is 24.0. The smallest absolute Gasteiger partial charge is 0.271 e. The topological polar surface area (TPSA) is 146 Å². The Morgan fingerprint density at radius 1 is 0.659 bits per heavy atom. The van der Waals surface area contributed by atoms with Gasteiger partial charge in [0.05, 0.1) is 24.6 Å². The standard InChI is InChI=1S/C32H30N6O6/c1-21(25-5-3-15-33-19-25)35-37-29(39)23-7-11-27(12-8-23)43-31-32(42-18-17-41-31)44-28-13-9-24(10-14-28)30(40)38-36-22(2)26-6-4-16-34-20-26/h3-16,19-20,31-32H,17-18H2,1-2H3,(H,37,39)(H,38,40)/b35-21+,36-22+/t31-,32-/m1/s1. The summed E-state index contributed by atoms with van der Waals surface area (Å²) in [6.45, 7) is 4.20. The van der Waals surface area contributed by atoms with Crippen LogP contribution in [0, 0.1) is 0 Å². The van der Waals surface area contributed by atoms with Gasteiger partial charge in [-0.1, -0.05) is 12.1 Å². The molecule has 2 atom stereocenters. The fourth-order valence-electron chi connectivity index (χ4n) is 3.98. The summed E-state index contributed by atoms with van der Waals surface area (Å²) in [5, 5.41) is 8.28. The molecular weight excluding hydrogens is 564 g/mol. The van der Waals surface area contributed by atoms with Gasteiger partial charge in [0.1, 0.15) is 11.5 Å². The van der Waals surface area contributed by atoms with E-state index in [9.17, 15) is 9.59 Å². The van der Waals surface area contributed by atoms with Crippen molar-refractivity contribution >= 4 is 23.2 Å². The average molecular weight is 595 g/mol. The van der Waals surface area contributed by atoms with E-state index in [1.54, 1.807) is 99.3 Å². The number of carbonyl (C=O) groups excluding carboxylic acids is 2. The van der Waals surface area contributed by atoms with Crippen LogP contribution in [0.4, 0.5) is 0 Å². The molecule has 2 aromatic heterocycles. The van der Waals surface area contributed by atoms with E-state index in [0.29, 0.717) is 47.3 Å². The fourth-order valence-corrected chi connectivity index (χ4v) is 3.98. The van der Waals surface area contributed by atoms with Gasteiger partial charge < -0.3 is 18.9 Å². The molecule has 1 aliphatic heterocycles.